The van der Waals surface area contributed by atoms with Crippen molar-refractivity contribution in [1.82, 2.24) is 19.4 Å². The van der Waals surface area contributed by atoms with Crippen molar-refractivity contribution in [2.75, 3.05) is 33.0 Å². The zero-order valence-corrected chi connectivity index (χ0v) is 18.3. The smallest absolute Gasteiger partial charge is 0.270 e. The van der Waals surface area contributed by atoms with Gasteiger partial charge in [-0.2, -0.15) is 0 Å². The van der Waals surface area contributed by atoms with E-state index < -0.39 is 0 Å². The lowest BCUT2D eigenvalue weighted by Gasteiger charge is -2.34. The number of aromatic amines is 1. The number of pyridine rings is 1. The Labute approximate surface area is 189 Å². The van der Waals surface area contributed by atoms with E-state index in [2.05, 4.69) is 16.0 Å². The van der Waals surface area contributed by atoms with Gasteiger partial charge in [-0.3, -0.25) is 14.5 Å². The third-order valence-corrected chi connectivity index (χ3v) is 6.63. The first-order chi connectivity index (χ1) is 16.1. The van der Waals surface area contributed by atoms with E-state index in [1.165, 1.54) is 5.56 Å². The van der Waals surface area contributed by atoms with Gasteiger partial charge in [0.2, 0.25) is 6.79 Å². The number of amides is 1. The number of carbonyl (C=O) groups excluding carboxylic acids is 1. The van der Waals surface area contributed by atoms with Gasteiger partial charge in [-0.05, 0) is 29.8 Å². The second-order valence-electron chi connectivity index (χ2n) is 8.61. The van der Waals surface area contributed by atoms with Gasteiger partial charge in [0.1, 0.15) is 5.69 Å². The van der Waals surface area contributed by atoms with Crippen molar-refractivity contribution in [2.45, 2.75) is 6.54 Å². The van der Waals surface area contributed by atoms with Crippen LogP contribution in [-0.2, 0) is 13.6 Å². The molecule has 1 N–H and O–H groups in total. The Morgan fingerprint density at radius 3 is 2.61 bits per heavy atom. The fourth-order valence-corrected chi connectivity index (χ4v) is 4.86. The zero-order chi connectivity index (χ0) is 22.5. The van der Waals surface area contributed by atoms with Crippen LogP contribution in [0.15, 0.2) is 53.3 Å². The fraction of sp³-hybridized carbons (Fsp3) is 0.280. The lowest BCUT2D eigenvalue weighted by molar-refractivity contribution is 0.0619. The van der Waals surface area contributed by atoms with E-state index in [0.29, 0.717) is 24.2 Å². The summed E-state index contributed by atoms with van der Waals surface area (Å²) in [4.78, 5) is 33.1. The zero-order valence-electron chi connectivity index (χ0n) is 18.3. The molecule has 0 aliphatic carbocycles. The molecule has 0 spiro atoms. The van der Waals surface area contributed by atoms with Crippen LogP contribution in [0.25, 0.3) is 21.8 Å². The molecule has 2 aliphatic heterocycles. The van der Waals surface area contributed by atoms with E-state index in [-0.39, 0.29) is 18.3 Å². The first-order valence-corrected chi connectivity index (χ1v) is 11.1. The molecule has 1 fully saturated rings. The highest BCUT2D eigenvalue weighted by molar-refractivity contribution is 6.07. The Balaban J connectivity index is 1.20. The predicted octanol–water partition coefficient (Wildman–Crippen LogP) is 2.71. The summed E-state index contributed by atoms with van der Waals surface area (Å²) in [5.74, 6) is 1.54. The fourth-order valence-electron chi connectivity index (χ4n) is 4.86. The molecular formula is C25H24N4O4. The Hall–Kier alpha value is -3.78. The normalized spacial score (nSPS) is 16.1. The molecule has 0 atom stereocenters. The first kappa shape index (κ1) is 19.9. The summed E-state index contributed by atoms with van der Waals surface area (Å²) in [6.07, 6.45) is 0. The molecule has 0 unspecified atom stereocenters. The molecule has 168 valence electrons. The van der Waals surface area contributed by atoms with Crippen LogP contribution in [0.3, 0.4) is 0 Å². The number of nitrogens with one attached hydrogen (secondary N) is 1. The van der Waals surface area contributed by atoms with Gasteiger partial charge in [0.05, 0.1) is 16.4 Å². The average Bonchev–Trinajstić information content (AvgIpc) is 3.44. The van der Waals surface area contributed by atoms with Crippen molar-refractivity contribution in [1.29, 1.82) is 0 Å². The molecule has 4 heterocycles. The van der Waals surface area contributed by atoms with Crippen LogP contribution in [0.2, 0.25) is 0 Å². The maximum Gasteiger partial charge on any atom is 0.270 e. The summed E-state index contributed by atoms with van der Waals surface area (Å²) in [6, 6.07) is 15.4. The van der Waals surface area contributed by atoms with E-state index >= 15 is 0 Å². The van der Waals surface area contributed by atoms with Crippen LogP contribution in [0.5, 0.6) is 11.5 Å². The number of rotatable bonds is 3. The van der Waals surface area contributed by atoms with Crippen molar-refractivity contribution in [2.24, 2.45) is 7.05 Å². The number of benzene rings is 2. The summed E-state index contributed by atoms with van der Waals surface area (Å²) in [5, 5.41) is 1.48. The van der Waals surface area contributed by atoms with Gasteiger partial charge in [-0.1, -0.05) is 24.3 Å². The van der Waals surface area contributed by atoms with Crippen LogP contribution in [0.1, 0.15) is 16.1 Å². The number of fused-ring (bicyclic) bond motifs is 4. The third kappa shape index (κ3) is 3.34. The van der Waals surface area contributed by atoms with Crippen LogP contribution in [0.4, 0.5) is 0 Å². The largest absolute Gasteiger partial charge is 0.454 e. The minimum absolute atomic E-state index is 0.0417. The van der Waals surface area contributed by atoms with Crippen molar-refractivity contribution >= 4 is 27.7 Å². The molecule has 2 aliphatic rings. The third-order valence-electron chi connectivity index (χ3n) is 6.63. The lowest BCUT2D eigenvalue weighted by atomic mass is 10.1. The molecule has 2 aromatic carbocycles. The van der Waals surface area contributed by atoms with Crippen molar-refractivity contribution in [3.8, 4) is 11.5 Å². The quantitative estimate of drug-likeness (QED) is 0.526. The van der Waals surface area contributed by atoms with E-state index in [1.807, 2.05) is 52.9 Å². The van der Waals surface area contributed by atoms with Crippen LogP contribution in [0, 0.1) is 0 Å². The van der Waals surface area contributed by atoms with Crippen molar-refractivity contribution in [3.63, 3.8) is 0 Å². The number of nitrogens with zero attached hydrogens (tertiary/aromatic N) is 3. The molecule has 33 heavy (non-hydrogen) atoms. The first-order valence-electron chi connectivity index (χ1n) is 11.1. The van der Waals surface area contributed by atoms with E-state index in [9.17, 15) is 9.59 Å². The topological polar surface area (TPSA) is 79.8 Å². The average molecular weight is 444 g/mol. The lowest BCUT2D eigenvalue weighted by Crippen LogP contribution is -2.48. The number of aromatic nitrogens is 2. The van der Waals surface area contributed by atoms with Crippen LogP contribution < -0.4 is 15.0 Å². The van der Waals surface area contributed by atoms with Gasteiger partial charge in [-0.25, -0.2) is 0 Å². The highest BCUT2D eigenvalue weighted by Gasteiger charge is 2.26. The van der Waals surface area contributed by atoms with E-state index in [1.54, 1.807) is 6.07 Å². The maximum absolute atomic E-state index is 13.4. The number of hydrogen-bond donors (Lipinski definition) is 1. The molecule has 1 amide bonds. The van der Waals surface area contributed by atoms with E-state index in [4.69, 9.17) is 9.47 Å². The number of aryl methyl sites for hydroxylation is 1. The van der Waals surface area contributed by atoms with Crippen LogP contribution in [-0.4, -0.2) is 58.2 Å². The highest BCUT2D eigenvalue weighted by atomic mass is 16.7. The number of para-hydroxylation sites is 1. The van der Waals surface area contributed by atoms with Crippen molar-refractivity contribution in [3.05, 3.63) is 70.1 Å². The molecule has 2 aromatic heterocycles. The highest BCUT2D eigenvalue weighted by Crippen LogP contribution is 2.33. The summed E-state index contributed by atoms with van der Waals surface area (Å²) >= 11 is 0. The van der Waals surface area contributed by atoms with Gasteiger partial charge in [-0.15, -0.1) is 0 Å². The van der Waals surface area contributed by atoms with E-state index in [0.717, 1.165) is 47.6 Å². The number of hydrogen-bond acceptors (Lipinski definition) is 5. The van der Waals surface area contributed by atoms with Crippen molar-refractivity contribution < 1.29 is 14.3 Å². The van der Waals surface area contributed by atoms with Gasteiger partial charge < -0.3 is 23.9 Å². The standard InChI is InChI=1S/C25H24N4O4/c1-27-20(13-18-23(27)17-4-2-3-5-19(17)26-24(18)30)25(31)29-10-8-28(9-11-29)14-16-6-7-21-22(12-16)33-15-32-21/h2-7,12-13H,8-11,14-15H2,1H3,(H,26,30). The summed E-state index contributed by atoms with van der Waals surface area (Å²) in [6.45, 7) is 3.93. The van der Waals surface area contributed by atoms with Gasteiger partial charge in [0.15, 0.2) is 11.5 Å². The maximum atomic E-state index is 13.4. The van der Waals surface area contributed by atoms with Gasteiger partial charge >= 0.3 is 0 Å². The molecule has 6 rings (SSSR count). The molecule has 8 nitrogen and oxygen atoms in total. The Morgan fingerprint density at radius 2 is 1.76 bits per heavy atom. The summed E-state index contributed by atoms with van der Waals surface area (Å²) < 4.78 is 12.7. The number of ether oxygens (including phenoxy) is 2. The summed E-state index contributed by atoms with van der Waals surface area (Å²) in [7, 11) is 1.86. The molecular weight excluding hydrogens is 420 g/mol. The second kappa shape index (κ2) is 7.67. The molecule has 0 saturated carbocycles. The molecule has 0 bridgehead atoms. The minimum Gasteiger partial charge on any atom is -0.454 e. The number of piperazine rings is 1. The Kier molecular flexibility index (Phi) is 4.62. The van der Waals surface area contributed by atoms with Gasteiger partial charge in [0, 0.05) is 45.2 Å². The minimum atomic E-state index is -0.174. The SMILES string of the molecule is Cn1c(C(=O)N2CCN(Cc3ccc4c(c3)OCO4)CC2)cc2c(=O)[nH]c3ccccc3c21. The Morgan fingerprint density at radius 1 is 0.970 bits per heavy atom. The van der Waals surface area contributed by atoms with Gasteiger partial charge in [0.25, 0.3) is 11.5 Å². The van der Waals surface area contributed by atoms with Crippen LogP contribution >= 0.6 is 0 Å². The molecule has 0 radical (unpaired) electrons. The number of carbonyl (C=O) groups is 1. The monoisotopic (exact) mass is 444 g/mol. The number of H-pyrrole nitrogens is 1. The summed E-state index contributed by atoms with van der Waals surface area (Å²) in [5.41, 5.74) is 3.09. The molecule has 4 aromatic rings. The second-order valence-corrected chi connectivity index (χ2v) is 8.61. The predicted molar refractivity (Wildman–Crippen MR) is 125 cm³/mol. The molecule has 8 heteroatoms. The Bertz CT molecular complexity index is 1450. The molecule has 1 saturated heterocycles.